The van der Waals surface area contributed by atoms with Gasteiger partial charge in [-0.3, -0.25) is 4.79 Å². The molecule has 1 rings (SSSR count). The summed E-state index contributed by atoms with van der Waals surface area (Å²) in [6.45, 7) is 8.64. The second-order valence-electron chi connectivity index (χ2n) is 3.80. The molecule has 0 saturated carbocycles. The Morgan fingerprint density at radius 1 is 1.44 bits per heavy atom. The van der Waals surface area contributed by atoms with Crippen molar-refractivity contribution in [1.82, 2.24) is 9.97 Å². The molecule has 0 aromatic carbocycles. The molecule has 0 aliphatic carbocycles. The lowest BCUT2D eigenvalue weighted by Gasteiger charge is -2.27. The third-order valence-corrected chi connectivity index (χ3v) is 2.63. The van der Waals surface area contributed by atoms with Gasteiger partial charge in [-0.05, 0) is 27.7 Å². The number of nitrogens with zero attached hydrogens (tertiary/aromatic N) is 3. The zero-order valence-electron chi connectivity index (χ0n) is 9.99. The summed E-state index contributed by atoms with van der Waals surface area (Å²) >= 11 is 5.93. The van der Waals surface area contributed by atoms with Crippen LogP contribution in [0.5, 0.6) is 0 Å². The average Bonchev–Trinajstić information content (AvgIpc) is 2.17. The summed E-state index contributed by atoms with van der Waals surface area (Å²) in [5, 5.41) is 0.219. The van der Waals surface area contributed by atoms with Gasteiger partial charge in [-0.25, -0.2) is 9.97 Å². The largest absolute Gasteiger partial charge is 0.354 e. The number of hydrogen-bond donors (Lipinski definition) is 0. The van der Waals surface area contributed by atoms with Gasteiger partial charge in [0.1, 0.15) is 16.8 Å². The summed E-state index contributed by atoms with van der Waals surface area (Å²) in [6.07, 6.45) is 0.710. The van der Waals surface area contributed by atoms with E-state index in [1.807, 2.05) is 25.7 Å². The van der Waals surface area contributed by atoms with Crippen LogP contribution < -0.4 is 4.90 Å². The van der Waals surface area contributed by atoms with Crippen molar-refractivity contribution in [3.05, 3.63) is 16.5 Å². The number of halogens is 1. The van der Waals surface area contributed by atoms with Crippen molar-refractivity contribution in [3.8, 4) is 0 Å². The van der Waals surface area contributed by atoms with Gasteiger partial charge in [-0.15, -0.1) is 0 Å². The lowest BCUT2D eigenvalue weighted by Crippen LogP contribution is -2.32. The highest BCUT2D eigenvalue weighted by molar-refractivity contribution is 6.32. The topological polar surface area (TPSA) is 46.1 Å². The van der Waals surface area contributed by atoms with Gasteiger partial charge in [0.05, 0.1) is 5.56 Å². The van der Waals surface area contributed by atoms with E-state index in [-0.39, 0.29) is 11.2 Å². The number of carbonyl (C=O) groups excluding carboxylic acids is 1. The van der Waals surface area contributed by atoms with Crippen LogP contribution >= 0.6 is 11.6 Å². The fraction of sp³-hybridized carbons (Fsp3) is 0.545. The Bertz CT molecular complexity index is 393. The Hall–Kier alpha value is -1.16. The van der Waals surface area contributed by atoms with Gasteiger partial charge in [0.15, 0.2) is 6.29 Å². The van der Waals surface area contributed by atoms with Gasteiger partial charge in [-0.2, -0.15) is 0 Å². The average molecular weight is 242 g/mol. The van der Waals surface area contributed by atoms with E-state index < -0.39 is 0 Å². The standard InChI is InChI=1S/C11H16ClN3O/c1-5-15(7(2)3)11-9(6-16)10(12)13-8(4)14-11/h6-7H,5H2,1-4H3. The van der Waals surface area contributed by atoms with E-state index in [9.17, 15) is 4.79 Å². The van der Waals surface area contributed by atoms with Gasteiger partial charge in [0.2, 0.25) is 0 Å². The molecule has 4 nitrogen and oxygen atoms in total. The van der Waals surface area contributed by atoms with Crippen molar-refractivity contribution in [1.29, 1.82) is 0 Å². The summed E-state index contributed by atoms with van der Waals surface area (Å²) in [5.41, 5.74) is 0.364. The van der Waals surface area contributed by atoms with E-state index in [4.69, 9.17) is 11.6 Å². The van der Waals surface area contributed by atoms with Gasteiger partial charge >= 0.3 is 0 Å². The Kier molecular flexibility index (Phi) is 4.24. The lowest BCUT2D eigenvalue weighted by molar-refractivity contribution is 0.112. The van der Waals surface area contributed by atoms with Gasteiger partial charge < -0.3 is 4.90 Å². The predicted molar refractivity (Wildman–Crippen MR) is 65.3 cm³/mol. The quantitative estimate of drug-likeness (QED) is 0.600. The van der Waals surface area contributed by atoms with Gasteiger partial charge in [0, 0.05) is 12.6 Å². The zero-order valence-corrected chi connectivity index (χ0v) is 10.7. The van der Waals surface area contributed by atoms with E-state index in [1.165, 1.54) is 0 Å². The molecule has 0 bridgehead atoms. The first kappa shape index (κ1) is 12.9. The van der Waals surface area contributed by atoms with Crippen LogP contribution in [0.3, 0.4) is 0 Å². The minimum absolute atomic E-state index is 0.219. The molecule has 1 heterocycles. The molecule has 1 aromatic heterocycles. The summed E-state index contributed by atoms with van der Waals surface area (Å²) in [7, 11) is 0. The number of aromatic nitrogens is 2. The Labute approximate surface area is 101 Å². The number of anilines is 1. The smallest absolute Gasteiger partial charge is 0.156 e. The third kappa shape index (κ3) is 2.50. The summed E-state index contributed by atoms with van der Waals surface area (Å²) in [5.74, 6) is 1.19. The molecule has 0 unspecified atom stereocenters. The Morgan fingerprint density at radius 2 is 2.06 bits per heavy atom. The van der Waals surface area contributed by atoms with Crippen molar-refractivity contribution in [3.63, 3.8) is 0 Å². The zero-order chi connectivity index (χ0) is 12.3. The maximum Gasteiger partial charge on any atom is 0.156 e. The molecule has 0 aliphatic rings. The van der Waals surface area contributed by atoms with Crippen LogP contribution in [-0.2, 0) is 0 Å². The molecule has 0 N–H and O–H groups in total. The SMILES string of the molecule is CCN(c1nc(C)nc(Cl)c1C=O)C(C)C. The lowest BCUT2D eigenvalue weighted by atomic mass is 10.2. The first-order valence-corrected chi connectivity index (χ1v) is 5.65. The molecule has 0 atom stereocenters. The minimum Gasteiger partial charge on any atom is -0.354 e. The number of aldehydes is 1. The maximum atomic E-state index is 11.0. The summed E-state index contributed by atoms with van der Waals surface area (Å²) in [4.78, 5) is 21.3. The molecular formula is C11H16ClN3O. The highest BCUT2D eigenvalue weighted by Crippen LogP contribution is 2.24. The highest BCUT2D eigenvalue weighted by Gasteiger charge is 2.18. The van der Waals surface area contributed by atoms with Crippen LogP contribution in [-0.4, -0.2) is 28.8 Å². The van der Waals surface area contributed by atoms with Crippen LogP contribution in [0.25, 0.3) is 0 Å². The van der Waals surface area contributed by atoms with E-state index in [1.54, 1.807) is 6.92 Å². The predicted octanol–water partition coefficient (Wildman–Crippen LogP) is 2.49. The van der Waals surface area contributed by atoms with Crippen LogP contribution in [0.1, 0.15) is 37.0 Å². The molecule has 0 aliphatic heterocycles. The van der Waals surface area contributed by atoms with Crippen molar-refractivity contribution >= 4 is 23.7 Å². The molecular weight excluding hydrogens is 226 g/mol. The monoisotopic (exact) mass is 241 g/mol. The Morgan fingerprint density at radius 3 is 2.50 bits per heavy atom. The molecule has 0 amide bonds. The number of aryl methyl sites for hydroxylation is 1. The van der Waals surface area contributed by atoms with Crippen molar-refractivity contribution < 1.29 is 4.79 Å². The van der Waals surface area contributed by atoms with E-state index in [0.717, 1.165) is 6.54 Å². The number of hydrogen-bond acceptors (Lipinski definition) is 4. The second-order valence-corrected chi connectivity index (χ2v) is 4.15. The van der Waals surface area contributed by atoms with Crippen LogP contribution in [0, 0.1) is 6.92 Å². The summed E-state index contributed by atoms with van der Waals surface area (Å²) < 4.78 is 0. The van der Waals surface area contributed by atoms with Crippen LogP contribution in [0.2, 0.25) is 5.15 Å². The molecule has 0 saturated heterocycles. The normalized spacial score (nSPS) is 10.6. The second kappa shape index (κ2) is 5.25. The molecule has 0 fully saturated rings. The number of carbonyl (C=O) groups is 1. The Balaban J connectivity index is 3.34. The molecule has 88 valence electrons. The van der Waals surface area contributed by atoms with Gasteiger partial charge in [0.25, 0.3) is 0 Å². The molecule has 1 aromatic rings. The van der Waals surface area contributed by atoms with Crippen LogP contribution in [0.4, 0.5) is 5.82 Å². The molecule has 0 radical (unpaired) electrons. The first-order valence-electron chi connectivity index (χ1n) is 5.27. The van der Waals surface area contributed by atoms with Gasteiger partial charge in [-0.1, -0.05) is 11.6 Å². The molecule has 16 heavy (non-hydrogen) atoms. The van der Waals surface area contributed by atoms with Crippen molar-refractivity contribution in [2.45, 2.75) is 33.7 Å². The van der Waals surface area contributed by atoms with E-state index in [0.29, 0.717) is 23.5 Å². The van der Waals surface area contributed by atoms with Crippen LogP contribution in [0.15, 0.2) is 0 Å². The first-order chi connectivity index (χ1) is 7.51. The fourth-order valence-corrected chi connectivity index (χ4v) is 1.86. The minimum atomic E-state index is 0.219. The molecule has 5 heteroatoms. The van der Waals surface area contributed by atoms with E-state index >= 15 is 0 Å². The third-order valence-electron chi connectivity index (χ3n) is 2.34. The number of rotatable bonds is 4. The van der Waals surface area contributed by atoms with Crippen molar-refractivity contribution in [2.24, 2.45) is 0 Å². The fourth-order valence-electron chi connectivity index (χ4n) is 1.61. The summed E-state index contributed by atoms with van der Waals surface area (Å²) in [6, 6.07) is 0.258. The highest BCUT2D eigenvalue weighted by atomic mass is 35.5. The van der Waals surface area contributed by atoms with E-state index in [2.05, 4.69) is 9.97 Å². The molecule has 0 spiro atoms. The maximum absolute atomic E-state index is 11.0. The van der Waals surface area contributed by atoms with Crippen molar-refractivity contribution in [2.75, 3.05) is 11.4 Å².